The van der Waals surface area contributed by atoms with Gasteiger partial charge >= 0.3 is 0 Å². The summed E-state index contributed by atoms with van der Waals surface area (Å²) in [4.78, 5) is 1.72. The SMILES string of the molecule is CCCCCCn1nnc(Cc2ccccc2)n1. The van der Waals surface area contributed by atoms with E-state index >= 15 is 0 Å². The summed E-state index contributed by atoms with van der Waals surface area (Å²) in [6, 6.07) is 10.3. The second kappa shape index (κ2) is 6.89. The molecule has 0 spiro atoms. The summed E-state index contributed by atoms with van der Waals surface area (Å²) in [5.41, 5.74) is 1.23. The van der Waals surface area contributed by atoms with Gasteiger partial charge in [0.05, 0.1) is 6.54 Å². The Hall–Kier alpha value is -1.71. The lowest BCUT2D eigenvalue weighted by atomic mass is 10.1. The van der Waals surface area contributed by atoms with Crippen molar-refractivity contribution in [3.05, 3.63) is 41.7 Å². The largest absolute Gasteiger partial charge is 0.179 e. The van der Waals surface area contributed by atoms with Gasteiger partial charge in [-0.25, -0.2) is 0 Å². The smallest absolute Gasteiger partial charge is 0.164 e. The average molecular weight is 244 g/mol. The fraction of sp³-hybridized carbons (Fsp3) is 0.500. The molecule has 0 aliphatic carbocycles. The second-order valence-corrected chi connectivity index (χ2v) is 4.52. The highest BCUT2D eigenvalue weighted by Gasteiger charge is 2.03. The van der Waals surface area contributed by atoms with E-state index in [0.29, 0.717) is 0 Å². The molecule has 0 bridgehead atoms. The van der Waals surface area contributed by atoms with Crippen molar-refractivity contribution >= 4 is 0 Å². The first-order chi connectivity index (χ1) is 8.88. The maximum absolute atomic E-state index is 4.40. The number of unbranched alkanes of at least 4 members (excludes halogenated alkanes) is 3. The van der Waals surface area contributed by atoms with Gasteiger partial charge in [0.15, 0.2) is 5.82 Å². The predicted molar refractivity (Wildman–Crippen MR) is 71.2 cm³/mol. The minimum absolute atomic E-state index is 0.760. The van der Waals surface area contributed by atoms with Gasteiger partial charge in [-0.05, 0) is 17.2 Å². The van der Waals surface area contributed by atoms with Crippen LogP contribution in [0.25, 0.3) is 0 Å². The van der Waals surface area contributed by atoms with Crippen molar-refractivity contribution in [1.82, 2.24) is 20.2 Å². The minimum atomic E-state index is 0.760. The monoisotopic (exact) mass is 244 g/mol. The van der Waals surface area contributed by atoms with E-state index in [1.807, 2.05) is 18.2 Å². The first-order valence-electron chi connectivity index (χ1n) is 6.69. The summed E-state index contributed by atoms with van der Waals surface area (Å²) in [7, 11) is 0. The fourth-order valence-electron chi connectivity index (χ4n) is 1.90. The van der Waals surface area contributed by atoms with Gasteiger partial charge in [0, 0.05) is 6.42 Å². The quantitative estimate of drug-likeness (QED) is 0.703. The van der Waals surface area contributed by atoms with Crippen molar-refractivity contribution in [3.63, 3.8) is 0 Å². The second-order valence-electron chi connectivity index (χ2n) is 4.52. The molecule has 1 heterocycles. The number of aromatic nitrogens is 4. The molecule has 0 aliphatic rings. The van der Waals surface area contributed by atoms with E-state index in [1.54, 1.807) is 4.80 Å². The molecular weight excluding hydrogens is 224 g/mol. The van der Waals surface area contributed by atoms with Crippen LogP contribution < -0.4 is 0 Å². The molecule has 0 radical (unpaired) electrons. The number of rotatable bonds is 7. The van der Waals surface area contributed by atoms with E-state index in [-0.39, 0.29) is 0 Å². The standard InChI is InChI=1S/C14H20N4/c1-2-3-4-8-11-18-16-14(15-17-18)12-13-9-6-5-7-10-13/h5-7,9-10H,2-4,8,11-12H2,1H3. The third-order valence-corrected chi connectivity index (χ3v) is 2.91. The zero-order valence-electron chi connectivity index (χ0n) is 10.9. The molecular formula is C14H20N4. The third kappa shape index (κ3) is 3.95. The van der Waals surface area contributed by atoms with Gasteiger partial charge in [0.1, 0.15) is 0 Å². The Kier molecular flexibility index (Phi) is 4.88. The maximum Gasteiger partial charge on any atom is 0.179 e. The van der Waals surface area contributed by atoms with Gasteiger partial charge in [0.2, 0.25) is 0 Å². The van der Waals surface area contributed by atoms with Gasteiger partial charge < -0.3 is 0 Å². The molecule has 18 heavy (non-hydrogen) atoms. The highest BCUT2D eigenvalue weighted by molar-refractivity contribution is 5.17. The number of hydrogen-bond acceptors (Lipinski definition) is 3. The van der Waals surface area contributed by atoms with E-state index in [1.165, 1.54) is 24.8 Å². The summed E-state index contributed by atoms with van der Waals surface area (Å²) in [6.07, 6.45) is 5.67. The van der Waals surface area contributed by atoms with Crippen LogP contribution in [-0.4, -0.2) is 20.2 Å². The third-order valence-electron chi connectivity index (χ3n) is 2.91. The van der Waals surface area contributed by atoms with E-state index < -0.39 is 0 Å². The number of nitrogens with zero attached hydrogens (tertiary/aromatic N) is 4. The molecule has 4 heteroatoms. The van der Waals surface area contributed by atoms with Crippen LogP contribution in [0.4, 0.5) is 0 Å². The summed E-state index contributed by atoms with van der Waals surface area (Å²) in [5, 5.41) is 12.6. The van der Waals surface area contributed by atoms with Crippen molar-refractivity contribution in [2.75, 3.05) is 0 Å². The zero-order valence-corrected chi connectivity index (χ0v) is 10.9. The molecule has 0 fully saturated rings. The van der Waals surface area contributed by atoms with Crippen LogP contribution in [0.5, 0.6) is 0 Å². The molecule has 0 amide bonds. The van der Waals surface area contributed by atoms with Gasteiger partial charge in [-0.2, -0.15) is 4.80 Å². The lowest BCUT2D eigenvalue weighted by molar-refractivity contribution is 0.479. The molecule has 0 saturated heterocycles. The molecule has 0 atom stereocenters. The molecule has 0 aliphatic heterocycles. The fourth-order valence-corrected chi connectivity index (χ4v) is 1.90. The first kappa shape index (κ1) is 12.7. The first-order valence-corrected chi connectivity index (χ1v) is 6.69. The molecule has 0 saturated carbocycles. The maximum atomic E-state index is 4.40. The number of aryl methyl sites for hydroxylation is 1. The Bertz CT molecular complexity index is 450. The van der Waals surface area contributed by atoms with Gasteiger partial charge in [-0.15, -0.1) is 10.2 Å². The van der Waals surface area contributed by atoms with Crippen molar-refractivity contribution in [3.8, 4) is 0 Å². The molecule has 0 unspecified atom stereocenters. The van der Waals surface area contributed by atoms with Gasteiger partial charge in [0.25, 0.3) is 0 Å². The van der Waals surface area contributed by atoms with Crippen molar-refractivity contribution in [1.29, 1.82) is 0 Å². The molecule has 2 aromatic rings. The van der Waals surface area contributed by atoms with Crippen molar-refractivity contribution in [2.24, 2.45) is 0 Å². The highest BCUT2D eigenvalue weighted by Crippen LogP contribution is 2.04. The average Bonchev–Trinajstić information content (AvgIpc) is 2.84. The van der Waals surface area contributed by atoms with E-state index in [0.717, 1.165) is 25.2 Å². The topological polar surface area (TPSA) is 43.6 Å². The number of benzene rings is 1. The number of tetrazole rings is 1. The lowest BCUT2D eigenvalue weighted by Gasteiger charge is -1.98. The van der Waals surface area contributed by atoms with E-state index in [2.05, 4.69) is 34.5 Å². The molecule has 0 N–H and O–H groups in total. The predicted octanol–water partition coefficient (Wildman–Crippen LogP) is 2.84. The van der Waals surface area contributed by atoms with Crippen LogP contribution in [-0.2, 0) is 13.0 Å². The number of hydrogen-bond donors (Lipinski definition) is 0. The Morgan fingerprint density at radius 1 is 1.06 bits per heavy atom. The van der Waals surface area contributed by atoms with Crippen LogP contribution in [0.3, 0.4) is 0 Å². The Morgan fingerprint density at radius 2 is 1.89 bits per heavy atom. The molecule has 96 valence electrons. The van der Waals surface area contributed by atoms with Crippen LogP contribution in [0.2, 0.25) is 0 Å². The lowest BCUT2D eigenvalue weighted by Crippen LogP contribution is -2.03. The molecule has 4 nitrogen and oxygen atoms in total. The van der Waals surface area contributed by atoms with Crippen molar-refractivity contribution in [2.45, 2.75) is 45.6 Å². The van der Waals surface area contributed by atoms with Gasteiger partial charge in [-0.1, -0.05) is 56.5 Å². The highest BCUT2D eigenvalue weighted by atomic mass is 15.6. The molecule has 1 aromatic carbocycles. The van der Waals surface area contributed by atoms with Crippen LogP contribution in [0.1, 0.15) is 44.0 Å². The van der Waals surface area contributed by atoms with Crippen LogP contribution in [0.15, 0.2) is 30.3 Å². The summed E-state index contributed by atoms with van der Waals surface area (Å²) >= 11 is 0. The Balaban J connectivity index is 1.83. The van der Waals surface area contributed by atoms with Gasteiger partial charge in [-0.3, -0.25) is 0 Å². The summed E-state index contributed by atoms with van der Waals surface area (Å²) in [5.74, 6) is 0.802. The molecule has 1 aromatic heterocycles. The van der Waals surface area contributed by atoms with Crippen molar-refractivity contribution < 1.29 is 0 Å². The Labute approximate surface area is 108 Å². The molecule has 2 rings (SSSR count). The normalized spacial score (nSPS) is 10.7. The zero-order chi connectivity index (χ0) is 12.6. The Morgan fingerprint density at radius 3 is 2.67 bits per heavy atom. The minimum Gasteiger partial charge on any atom is -0.164 e. The van der Waals surface area contributed by atoms with E-state index in [9.17, 15) is 0 Å². The van der Waals surface area contributed by atoms with Crippen LogP contribution in [0, 0.1) is 0 Å². The summed E-state index contributed by atoms with van der Waals surface area (Å²) in [6.45, 7) is 3.09. The summed E-state index contributed by atoms with van der Waals surface area (Å²) < 4.78 is 0. The van der Waals surface area contributed by atoms with E-state index in [4.69, 9.17) is 0 Å². The van der Waals surface area contributed by atoms with Crippen LogP contribution >= 0.6 is 0 Å².